The van der Waals surface area contributed by atoms with Gasteiger partial charge in [-0.05, 0) is 29.9 Å². The first-order valence-electron chi connectivity index (χ1n) is 10.4. The van der Waals surface area contributed by atoms with Gasteiger partial charge in [0.1, 0.15) is 12.5 Å². The van der Waals surface area contributed by atoms with E-state index in [1.54, 1.807) is 0 Å². The fourth-order valence-corrected chi connectivity index (χ4v) is 4.61. The molecular weight excluding hydrogens is 362 g/mol. The van der Waals surface area contributed by atoms with Crippen molar-refractivity contribution in [3.05, 3.63) is 0 Å². The van der Waals surface area contributed by atoms with Crippen LogP contribution in [0, 0.1) is 17.8 Å². The Morgan fingerprint density at radius 3 is 1.96 bits per heavy atom. The fourth-order valence-electron chi connectivity index (χ4n) is 3.39. The molecule has 5 nitrogen and oxygen atoms in total. The van der Waals surface area contributed by atoms with E-state index in [0.29, 0.717) is 5.92 Å². The summed E-state index contributed by atoms with van der Waals surface area (Å²) in [5.74, 6) is 1.43. The predicted octanol–water partition coefficient (Wildman–Crippen LogP) is 4.59. The van der Waals surface area contributed by atoms with Crippen molar-refractivity contribution in [1.29, 1.82) is 0 Å². The highest BCUT2D eigenvalue weighted by Crippen LogP contribution is 2.23. The normalized spacial score (nSPS) is 18.7. The van der Waals surface area contributed by atoms with E-state index in [-0.39, 0.29) is 24.0 Å². The third kappa shape index (κ3) is 8.67. The molecule has 3 unspecified atom stereocenters. The number of imide groups is 1. The number of carboxylic acid groups (broad SMARTS) is 1. The second kappa shape index (κ2) is 12.4. The van der Waals surface area contributed by atoms with Crippen molar-refractivity contribution >= 4 is 29.5 Å². The van der Waals surface area contributed by atoms with Gasteiger partial charge in [0.25, 0.3) is 0 Å². The van der Waals surface area contributed by atoms with Gasteiger partial charge < -0.3 is 5.11 Å². The van der Waals surface area contributed by atoms with Crippen molar-refractivity contribution < 1.29 is 19.5 Å². The Morgan fingerprint density at radius 1 is 0.963 bits per heavy atom. The molecule has 2 amide bonds. The molecule has 1 saturated heterocycles. The molecule has 1 heterocycles. The molecule has 1 fully saturated rings. The minimum atomic E-state index is -1.09. The van der Waals surface area contributed by atoms with Crippen LogP contribution < -0.4 is 0 Å². The van der Waals surface area contributed by atoms with Crippen LogP contribution in [-0.4, -0.2) is 45.3 Å². The van der Waals surface area contributed by atoms with Crippen LogP contribution in [0.3, 0.4) is 0 Å². The zero-order chi connectivity index (χ0) is 20.4. The van der Waals surface area contributed by atoms with E-state index in [2.05, 4.69) is 27.7 Å². The van der Waals surface area contributed by atoms with Crippen molar-refractivity contribution in [2.24, 2.45) is 17.8 Å². The number of carbonyl (C=O) groups is 3. The molecule has 1 N–H and O–H groups in total. The summed E-state index contributed by atoms with van der Waals surface area (Å²) in [5, 5.41) is 9.27. The van der Waals surface area contributed by atoms with Gasteiger partial charge in [-0.25, -0.2) is 4.79 Å². The van der Waals surface area contributed by atoms with Crippen molar-refractivity contribution in [3.8, 4) is 0 Å². The van der Waals surface area contributed by atoms with E-state index in [4.69, 9.17) is 0 Å². The summed E-state index contributed by atoms with van der Waals surface area (Å²) in [4.78, 5) is 35.1. The lowest BCUT2D eigenvalue weighted by Crippen LogP contribution is -2.58. The molecule has 0 spiro atoms. The van der Waals surface area contributed by atoms with Gasteiger partial charge in [-0.3, -0.25) is 14.5 Å². The SMILES string of the molecule is CCC(C)CCCC(C)CCCC(C)CSC[C@@H](C(=O)O)N1C(=O)CC1=O. The minimum Gasteiger partial charge on any atom is -0.480 e. The quantitative estimate of drug-likeness (QED) is 0.322. The Bertz CT molecular complexity index is 483. The summed E-state index contributed by atoms with van der Waals surface area (Å²) in [6.45, 7) is 9.11. The topological polar surface area (TPSA) is 74.7 Å². The van der Waals surface area contributed by atoms with Crippen molar-refractivity contribution in [1.82, 2.24) is 4.90 Å². The molecule has 6 heteroatoms. The summed E-state index contributed by atoms with van der Waals surface area (Å²) in [6.07, 6.45) is 8.69. The first-order chi connectivity index (χ1) is 12.8. The highest BCUT2D eigenvalue weighted by atomic mass is 32.2. The van der Waals surface area contributed by atoms with Crippen LogP contribution in [0.4, 0.5) is 0 Å². The maximum Gasteiger partial charge on any atom is 0.327 e. The van der Waals surface area contributed by atoms with Crippen LogP contribution in [-0.2, 0) is 14.4 Å². The first-order valence-corrected chi connectivity index (χ1v) is 11.6. The number of carbonyl (C=O) groups excluding carboxylic acids is 2. The molecule has 156 valence electrons. The maximum atomic E-state index is 11.5. The van der Waals surface area contributed by atoms with Gasteiger partial charge in [0.05, 0.1) is 0 Å². The molecule has 27 heavy (non-hydrogen) atoms. The Kier molecular flexibility index (Phi) is 11.0. The molecule has 0 saturated carbocycles. The second-order valence-corrected chi connectivity index (χ2v) is 9.39. The lowest BCUT2D eigenvalue weighted by molar-refractivity contribution is -0.166. The minimum absolute atomic E-state index is 0.152. The number of hydrogen-bond acceptors (Lipinski definition) is 4. The van der Waals surface area contributed by atoms with Crippen LogP contribution in [0.25, 0.3) is 0 Å². The molecule has 0 radical (unpaired) electrons. The number of β-lactam (4-membered cyclic amide) rings is 2. The first kappa shape index (κ1) is 24.0. The fraction of sp³-hybridized carbons (Fsp3) is 0.857. The average Bonchev–Trinajstić information content (AvgIpc) is 2.60. The van der Waals surface area contributed by atoms with Gasteiger partial charge in [-0.15, -0.1) is 0 Å². The van der Waals surface area contributed by atoms with E-state index >= 15 is 0 Å². The standard InChI is InChI=1S/C21H37NO4S/c1-5-15(2)8-6-9-16(3)10-7-11-17(4)13-27-14-18(21(25)26)22-19(23)12-20(22)24/h15-18H,5-14H2,1-4H3,(H,25,26)/t15?,16?,17?,18-/m0/s1. The number of nitrogens with zero attached hydrogens (tertiary/aromatic N) is 1. The summed E-state index contributed by atoms with van der Waals surface area (Å²) in [5.41, 5.74) is 0. The molecule has 1 aliphatic rings. The molecule has 0 aromatic carbocycles. The largest absolute Gasteiger partial charge is 0.480 e. The molecule has 4 atom stereocenters. The lowest BCUT2D eigenvalue weighted by atomic mass is 9.93. The summed E-state index contributed by atoms with van der Waals surface area (Å²) >= 11 is 1.53. The van der Waals surface area contributed by atoms with Crippen molar-refractivity contribution in [2.45, 2.75) is 85.1 Å². The Hall–Kier alpha value is -1.04. The van der Waals surface area contributed by atoms with Gasteiger partial charge in [0, 0.05) is 5.75 Å². The molecule has 1 aliphatic heterocycles. The predicted molar refractivity (Wildman–Crippen MR) is 111 cm³/mol. The summed E-state index contributed by atoms with van der Waals surface area (Å²) in [7, 11) is 0. The number of aliphatic carboxylic acids is 1. The zero-order valence-corrected chi connectivity index (χ0v) is 18.2. The highest BCUT2D eigenvalue weighted by Gasteiger charge is 2.42. The van der Waals surface area contributed by atoms with Crippen LogP contribution in [0.15, 0.2) is 0 Å². The van der Waals surface area contributed by atoms with E-state index in [0.717, 1.165) is 28.9 Å². The van der Waals surface area contributed by atoms with Gasteiger partial charge in [-0.1, -0.05) is 66.2 Å². The van der Waals surface area contributed by atoms with Crippen molar-refractivity contribution in [2.75, 3.05) is 11.5 Å². The number of thioether (sulfide) groups is 1. The van der Waals surface area contributed by atoms with Gasteiger partial charge in [0.2, 0.25) is 11.8 Å². The third-order valence-electron chi connectivity index (χ3n) is 5.60. The monoisotopic (exact) mass is 399 g/mol. The van der Waals surface area contributed by atoms with E-state index < -0.39 is 12.0 Å². The Morgan fingerprint density at radius 2 is 1.48 bits per heavy atom. The highest BCUT2D eigenvalue weighted by molar-refractivity contribution is 7.99. The van der Waals surface area contributed by atoms with Crippen LogP contribution in [0.1, 0.15) is 79.1 Å². The molecular formula is C21H37NO4S. The van der Waals surface area contributed by atoms with Crippen LogP contribution in [0.2, 0.25) is 0 Å². The average molecular weight is 400 g/mol. The molecule has 1 rings (SSSR count). The maximum absolute atomic E-state index is 11.5. The molecule has 0 aromatic rings. The van der Waals surface area contributed by atoms with Gasteiger partial charge >= 0.3 is 5.97 Å². The van der Waals surface area contributed by atoms with E-state index in [1.165, 1.54) is 50.3 Å². The number of likely N-dealkylation sites (tertiary alicyclic amines) is 1. The van der Waals surface area contributed by atoms with Crippen molar-refractivity contribution in [3.63, 3.8) is 0 Å². The number of hydrogen-bond donors (Lipinski definition) is 1. The number of amides is 2. The number of rotatable bonds is 15. The smallest absolute Gasteiger partial charge is 0.327 e. The van der Waals surface area contributed by atoms with Crippen LogP contribution >= 0.6 is 11.8 Å². The molecule has 0 aromatic heterocycles. The zero-order valence-electron chi connectivity index (χ0n) is 17.4. The molecule has 0 aliphatic carbocycles. The molecule has 0 bridgehead atoms. The summed E-state index contributed by atoms with van der Waals surface area (Å²) < 4.78 is 0. The third-order valence-corrected chi connectivity index (χ3v) is 6.96. The lowest BCUT2D eigenvalue weighted by Gasteiger charge is -2.33. The summed E-state index contributed by atoms with van der Waals surface area (Å²) in [6, 6.07) is -1.01. The van der Waals surface area contributed by atoms with Gasteiger partial charge in [0.15, 0.2) is 0 Å². The number of carboxylic acids is 1. The Balaban J connectivity index is 2.15. The van der Waals surface area contributed by atoms with Crippen LogP contribution in [0.5, 0.6) is 0 Å². The second-order valence-electron chi connectivity index (χ2n) is 8.31. The Labute approximate surface area is 168 Å². The van der Waals surface area contributed by atoms with Gasteiger partial charge in [-0.2, -0.15) is 11.8 Å². The van der Waals surface area contributed by atoms with E-state index in [1.807, 2.05) is 0 Å². The van der Waals surface area contributed by atoms with E-state index in [9.17, 15) is 19.5 Å².